The highest BCUT2D eigenvalue weighted by Gasteiger charge is 2.41. The summed E-state index contributed by atoms with van der Waals surface area (Å²) in [5.41, 5.74) is 7.21. The number of sulfone groups is 1. The average Bonchev–Trinajstić information content (AvgIpc) is 2.99. The summed E-state index contributed by atoms with van der Waals surface area (Å²) in [6.45, 7) is 6.20. The highest BCUT2D eigenvalue weighted by atomic mass is 32.2. The van der Waals surface area contributed by atoms with E-state index in [1.54, 1.807) is 11.0 Å². The Morgan fingerprint density at radius 2 is 1.79 bits per heavy atom. The molecule has 0 radical (unpaired) electrons. The molecule has 0 aliphatic carbocycles. The zero-order valence-corrected chi connectivity index (χ0v) is 21.0. The minimum Gasteiger partial charge on any atom is -0.366 e. The van der Waals surface area contributed by atoms with E-state index in [4.69, 9.17) is 5.73 Å². The van der Waals surface area contributed by atoms with Crippen molar-refractivity contribution in [2.45, 2.75) is 70.4 Å². The highest BCUT2D eigenvalue weighted by molar-refractivity contribution is 7.91. The maximum Gasteiger partial charge on any atom is 0.248 e. The van der Waals surface area contributed by atoms with Gasteiger partial charge < -0.3 is 10.6 Å². The number of rotatable bonds is 11. The molecule has 0 saturated carbocycles. The number of benzene rings is 1. The predicted octanol–water partition coefficient (Wildman–Crippen LogP) is 2.81. The molecule has 0 spiro atoms. The Hall–Kier alpha value is -1.93. The SMILES string of the molecule is CCC(CC)CN(CCN1[C@@H]2CC[C@H]1CC(c1cccc(C(N)=O)c1)C2)C(=O)CS(C)(=O)=O. The van der Waals surface area contributed by atoms with Crippen molar-refractivity contribution in [1.29, 1.82) is 0 Å². The molecule has 3 atom stereocenters. The average molecular weight is 478 g/mol. The topological polar surface area (TPSA) is 101 Å². The van der Waals surface area contributed by atoms with Gasteiger partial charge in [0, 0.05) is 43.5 Å². The van der Waals surface area contributed by atoms with Crippen LogP contribution in [0.25, 0.3) is 0 Å². The van der Waals surface area contributed by atoms with Gasteiger partial charge in [-0.25, -0.2) is 8.42 Å². The van der Waals surface area contributed by atoms with Crippen molar-refractivity contribution < 1.29 is 18.0 Å². The van der Waals surface area contributed by atoms with Crippen molar-refractivity contribution in [2.75, 3.05) is 31.6 Å². The van der Waals surface area contributed by atoms with Crippen molar-refractivity contribution in [3.63, 3.8) is 0 Å². The summed E-state index contributed by atoms with van der Waals surface area (Å²) in [7, 11) is -3.36. The van der Waals surface area contributed by atoms with Crippen LogP contribution in [0.1, 0.15) is 74.2 Å². The van der Waals surface area contributed by atoms with E-state index in [0.29, 0.717) is 42.6 Å². The van der Waals surface area contributed by atoms with Gasteiger partial charge >= 0.3 is 0 Å². The molecule has 3 rings (SSSR count). The van der Waals surface area contributed by atoms with E-state index in [1.165, 1.54) is 5.56 Å². The Bertz CT molecular complexity index is 931. The zero-order valence-electron chi connectivity index (χ0n) is 20.2. The smallest absolute Gasteiger partial charge is 0.248 e. The van der Waals surface area contributed by atoms with E-state index in [9.17, 15) is 18.0 Å². The quantitative estimate of drug-likeness (QED) is 0.528. The minimum atomic E-state index is -3.36. The van der Waals surface area contributed by atoms with Gasteiger partial charge in [-0.15, -0.1) is 0 Å². The Kier molecular flexibility index (Phi) is 8.56. The lowest BCUT2D eigenvalue weighted by molar-refractivity contribution is -0.129. The Morgan fingerprint density at radius 3 is 2.33 bits per heavy atom. The predicted molar refractivity (Wildman–Crippen MR) is 131 cm³/mol. The molecular weight excluding hydrogens is 438 g/mol. The van der Waals surface area contributed by atoms with Gasteiger partial charge in [0.2, 0.25) is 11.8 Å². The van der Waals surface area contributed by atoms with Crippen molar-refractivity contribution in [3.05, 3.63) is 35.4 Å². The lowest BCUT2D eigenvalue weighted by Crippen LogP contribution is -2.48. The van der Waals surface area contributed by atoms with Crippen LogP contribution >= 0.6 is 0 Å². The number of hydrogen-bond donors (Lipinski definition) is 1. The van der Waals surface area contributed by atoms with Crippen LogP contribution in [0, 0.1) is 5.92 Å². The molecule has 1 aromatic rings. The Morgan fingerprint density at radius 1 is 1.15 bits per heavy atom. The second-order valence-electron chi connectivity index (χ2n) is 9.87. The van der Waals surface area contributed by atoms with Crippen LogP contribution in [0.15, 0.2) is 24.3 Å². The molecule has 2 saturated heterocycles. The summed E-state index contributed by atoms with van der Waals surface area (Å²) in [4.78, 5) is 28.7. The van der Waals surface area contributed by atoms with Crippen molar-refractivity contribution in [1.82, 2.24) is 9.80 Å². The summed E-state index contributed by atoms with van der Waals surface area (Å²) >= 11 is 0. The van der Waals surface area contributed by atoms with Crippen LogP contribution in [0.4, 0.5) is 0 Å². The van der Waals surface area contributed by atoms with Crippen molar-refractivity contribution in [3.8, 4) is 0 Å². The molecule has 2 aliphatic rings. The van der Waals surface area contributed by atoms with Crippen LogP contribution in [0.5, 0.6) is 0 Å². The van der Waals surface area contributed by atoms with Gasteiger partial charge in [0.15, 0.2) is 9.84 Å². The van der Waals surface area contributed by atoms with E-state index in [0.717, 1.165) is 51.3 Å². The summed E-state index contributed by atoms with van der Waals surface area (Å²) in [5, 5.41) is 0. The third-order valence-electron chi connectivity index (χ3n) is 7.53. The summed E-state index contributed by atoms with van der Waals surface area (Å²) in [6.07, 6.45) is 7.41. The van der Waals surface area contributed by atoms with Crippen LogP contribution in [0.3, 0.4) is 0 Å². The number of nitrogens with zero attached hydrogens (tertiary/aromatic N) is 2. The fourth-order valence-corrected chi connectivity index (χ4v) is 6.22. The van der Waals surface area contributed by atoms with Gasteiger partial charge in [0.05, 0.1) is 0 Å². The molecule has 2 fully saturated rings. The molecule has 2 aliphatic heterocycles. The number of hydrogen-bond acceptors (Lipinski definition) is 5. The molecule has 2 N–H and O–H groups in total. The fourth-order valence-electron chi connectivity index (χ4n) is 5.59. The van der Waals surface area contributed by atoms with Crippen LogP contribution in [0.2, 0.25) is 0 Å². The molecule has 2 bridgehead atoms. The third kappa shape index (κ3) is 6.79. The molecule has 7 nitrogen and oxygen atoms in total. The number of primary amides is 1. The summed E-state index contributed by atoms with van der Waals surface area (Å²) in [6, 6.07) is 8.60. The third-order valence-corrected chi connectivity index (χ3v) is 8.30. The van der Waals surface area contributed by atoms with E-state index < -0.39 is 21.5 Å². The van der Waals surface area contributed by atoms with Gasteiger partial charge in [-0.2, -0.15) is 0 Å². The molecule has 1 aromatic carbocycles. The zero-order chi connectivity index (χ0) is 24.2. The summed E-state index contributed by atoms with van der Waals surface area (Å²) in [5.74, 6) is -0.305. The molecule has 184 valence electrons. The van der Waals surface area contributed by atoms with Gasteiger partial charge in [-0.1, -0.05) is 38.8 Å². The van der Waals surface area contributed by atoms with Gasteiger partial charge in [-0.05, 0) is 55.2 Å². The minimum absolute atomic E-state index is 0.283. The van der Waals surface area contributed by atoms with Crippen LogP contribution in [-0.4, -0.2) is 73.8 Å². The molecule has 1 unspecified atom stereocenters. The Balaban J connectivity index is 1.66. The fraction of sp³-hybridized carbons (Fsp3) is 0.680. The van der Waals surface area contributed by atoms with Gasteiger partial charge in [0.25, 0.3) is 0 Å². The van der Waals surface area contributed by atoms with E-state index >= 15 is 0 Å². The summed E-state index contributed by atoms with van der Waals surface area (Å²) < 4.78 is 23.5. The van der Waals surface area contributed by atoms with E-state index in [-0.39, 0.29) is 5.91 Å². The molecule has 8 heteroatoms. The lowest BCUT2D eigenvalue weighted by Gasteiger charge is -2.40. The normalized spacial score (nSPS) is 23.1. The number of carbonyl (C=O) groups is 2. The molecule has 0 aromatic heterocycles. The van der Waals surface area contributed by atoms with Crippen molar-refractivity contribution in [2.24, 2.45) is 11.7 Å². The standard InChI is InChI=1S/C25H39N3O4S/c1-4-18(5-2)16-27(24(29)17-33(3,31)32)11-12-28-22-9-10-23(28)15-21(14-22)19-7-6-8-20(13-19)25(26)30/h6-8,13,18,21-23H,4-5,9-12,14-17H2,1-3H3,(H2,26,30)/t21?,22-,23+. The first kappa shape index (κ1) is 25.7. The molecular formula is C25H39N3O4S. The first-order chi connectivity index (χ1) is 15.6. The Labute approximate surface area is 198 Å². The van der Waals surface area contributed by atoms with Crippen molar-refractivity contribution >= 4 is 21.7 Å². The number of carbonyl (C=O) groups excluding carboxylic acids is 2. The number of fused-ring (bicyclic) bond motifs is 2. The maximum absolute atomic E-state index is 12.8. The van der Waals surface area contributed by atoms with Gasteiger partial charge in [-0.3, -0.25) is 14.5 Å². The first-order valence-corrected chi connectivity index (χ1v) is 14.3. The van der Waals surface area contributed by atoms with Crippen LogP contribution < -0.4 is 5.73 Å². The van der Waals surface area contributed by atoms with Crippen LogP contribution in [-0.2, 0) is 14.6 Å². The van der Waals surface area contributed by atoms with Gasteiger partial charge in [0.1, 0.15) is 5.75 Å². The molecule has 2 heterocycles. The molecule has 33 heavy (non-hydrogen) atoms. The monoisotopic (exact) mass is 477 g/mol. The number of amides is 2. The second kappa shape index (κ2) is 11.0. The highest BCUT2D eigenvalue weighted by Crippen LogP contribution is 2.43. The number of piperidine rings is 1. The van der Waals surface area contributed by atoms with E-state index in [1.807, 2.05) is 12.1 Å². The largest absolute Gasteiger partial charge is 0.366 e. The van der Waals surface area contributed by atoms with E-state index in [2.05, 4.69) is 24.8 Å². The first-order valence-electron chi connectivity index (χ1n) is 12.2. The molecule has 2 amide bonds. The second-order valence-corrected chi connectivity index (χ2v) is 12.0. The maximum atomic E-state index is 12.8. The lowest BCUT2D eigenvalue weighted by atomic mass is 9.84. The number of nitrogens with two attached hydrogens (primary N) is 1.